The molecule has 2 unspecified atom stereocenters. The number of nitrogens with one attached hydrogen (secondary N) is 1. The highest BCUT2D eigenvalue weighted by Gasteiger charge is 2.38. The lowest BCUT2D eigenvalue weighted by Gasteiger charge is -2.32. The summed E-state index contributed by atoms with van der Waals surface area (Å²) in [6.45, 7) is 7.60. The summed E-state index contributed by atoms with van der Waals surface area (Å²) >= 11 is 2.02. The first kappa shape index (κ1) is 14.8. The molecule has 5 nitrogen and oxygen atoms in total. The molecule has 0 bridgehead atoms. The van der Waals surface area contributed by atoms with Crippen molar-refractivity contribution >= 4 is 11.8 Å². The molecule has 2 atom stereocenters. The molecule has 1 aromatic rings. The van der Waals surface area contributed by atoms with Crippen molar-refractivity contribution in [1.29, 1.82) is 0 Å². The highest BCUT2D eigenvalue weighted by molar-refractivity contribution is 8.00. The van der Waals surface area contributed by atoms with Gasteiger partial charge in [-0.1, -0.05) is 13.8 Å². The Balaban J connectivity index is 2.08. The van der Waals surface area contributed by atoms with Crippen molar-refractivity contribution in [1.82, 2.24) is 20.2 Å². The van der Waals surface area contributed by atoms with E-state index in [1.54, 1.807) is 6.33 Å². The lowest BCUT2D eigenvalue weighted by molar-refractivity contribution is 0.383. The lowest BCUT2D eigenvalue weighted by Crippen LogP contribution is -2.50. The van der Waals surface area contributed by atoms with Crippen molar-refractivity contribution in [3.8, 4) is 0 Å². The molecule has 19 heavy (non-hydrogen) atoms. The van der Waals surface area contributed by atoms with Gasteiger partial charge in [-0.05, 0) is 31.4 Å². The van der Waals surface area contributed by atoms with E-state index in [-0.39, 0.29) is 10.8 Å². The van der Waals surface area contributed by atoms with Gasteiger partial charge in [-0.25, -0.2) is 9.67 Å². The smallest absolute Gasteiger partial charge is 0.138 e. The van der Waals surface area contributed by atoms with E-state index in [2.05, 4.69) is 36.3 Å². The molecule has 0 radical (unpaired) electrons. The van der Waals surface area contributed by atoms with Gasteiger partial charge in [0.2, 0.25) is 0 Å². The normalized spacial score (nSPS) is 25.1. The molecule has 3 N–H and O–H groups in total. The maximum Gasteiger partial charge on any atom is 0.138 e. The number of rotatable bonds is 6. The number of thioether (sulfide) groups is 1. The summed E-state index contributed by atoms with van der Waals surface area (Å²) in [6, 6.07) is 0.245. The van der Waals surface area contributed by atoms with Crippen LogP contribution < -0.4 is 11.3 Å². The molecule has 1 aliphatic rings. The van der Waals surface area contributed by atoms with Gasteiger partial charge in [0.15, 0.2) is 0 Å². The van der Waals surface area contributed by atoms with Crippen LogP contribution >= 0.6 is 11.8 Å². The highest BCUT2D eigenvalue weighted by atomic mass is 32.2. The van der Waals surface area contributed by atoms with E-state index < -0.39 is 0 Å². The van der Waals surface area contributed by atoms with Gasteiger partial charge in [0.1, 0.15) is 12.2 Å². The van der Waals surface area contributed by atoms with E-state index in [4.69, 9.17) is 5.84 Å². The quantitative estimate of drug-likeness (QED) is 0.613. The van der Waals surface area contributed by atoms with E-state index in [1.807, 2.05) is 16.4 Å². The molecule has 0 spiro atoms. The van der Waals surface area contributed by atoms with Crippen LogP contribution in [-0.4, -0.2) is 31.3 Å². The third kappa shape index (κ3) is 3.49. The SMILES string of the molecule is CC(C)Cn1ncnc1CC(NN)C1(C)CCCS1. The number of nitrogens with zero attached hydrogens (tertiary/aromatic N) is 3. The zero-order valence-electron chi connectivity index (χ0n) is 12.1. The van der Waals surface area contributed by atoms with E-state index in [0.717, 1.165) is 18.8 Å². The Hall–Kier alpha value is -0.590. The zero-order chi connectivity index (χ0) is 13.9. The molecule has 1 aliphatic heterocycles. The van der Waals surface area contributed by atoms with E-state index in [0.29, 0.717) is 5.92 Å². The predicted molar refractivity (Wildman–Crippen MR) is 79.8 cm³/mol. The van der Waals surface area contributed by atoms with Crippen LogP contribution in [0.15, 0.2) is 6.33 Å². The largest absolute Gasteiger partial charge is 0.271 e. The minimum absolute atomic E-state index is 0.212. The molecule has 0 saturated carbocycles. The molecule has 108 valence electrons. The molecule has 1 saturated heterocycles. The number of hydrazine groups is 1. The summed E-state index contributed by atoms with van der Waals surface area (Å²) < 4.78 is 2.22. The van der Waals surface area contributed by atoms with Crippen LogP contribution in [-0.2, 0) is 13.0 Å². The predicted octanol–water partition coefficient (Wildman–Crippen LogP) is 1.59. The minimum atomic E-state index is 0.212. The van der Waals surface area contributed by atoms with Crippen LogP contribution in [0.4, 0.5) is 0 Å². The first-order valence-electron chi connectivity index (χ1n) is 7.02. The second-order valence-corrected chi connectivity index (χ2v) is 7.57. The van der Waals surface area contributed by atoms with Crippen LogP contribution in [0, 0.1) is 5.92 Å². The van der Waals surface area contributed by atoms with Gasteiger partial charge in [0.25, 0.3) is 0 Å². The van der Waals surface area contributed by atoms with Gasteiger partial charge < -0.3 is 0 Å². The molecule has 0 amide bonds. The molecule has 2 rings (SSSR count). The summed E-state index contributed by atoms with van der Waals surface area (Å²) in [7, 11) is 0. The molecule has 1 aromatic heterocycles. The molecular formula is C13H25N5S. The topological polar surface area (TPSA) is 68.8 Å². The molecule has 2 heterocycles. The summed E-state index contributed by atoms with van der Waals surface area (Å²) in [4.78, 5) is 4.41. The van der Waals surface area contributed by atoms with Crippen molar-refractivity contribution in [2.24, 2.45) is 11.8 Å². The second kappa shape index (κ2) is 6.24. The van der Waals surface area contributed by atoms with Crippen molar-refractivity contribution in [2.75, 3.05) is 5.75 Å². The lowest BCUT2D eigenvalue weighted by atomic mass is 9.94. The third-order valence-corrected chi connectivity index (χ3v) is 5.45. The zero-order valence-corrected chi connectivity index (χ0v) is 12.9. The Bertz CT molecular complexity index is 397. The molecular weight excluding hydrogens is 258 g/mol. The van der Waals surface area contributed by atoms with Crippen LogP contribution in [0.1, 0.15) is 39.4 Å². The molecule has 1 fully saturated rings. The average Bonchev–Trinajstić information content (AvgIpc) is 2.96. The monoisotopic (exact) mass is 283 g/mol. The van der Waals surface area contributed by atoms with Gasteiger partial charge in [0, 0.05) is 23.8 Å². The van der Waals surface area contributed by atoms with E-state index in [1.165, 1.54) is 18.6 Å². The molecule has 0 aromatic carbocycles. The van der Waals surface area contributed by atoms with E-state index in [9.17, 15) is 0 Å². The average molecular weight is 283 g/mol. The van der Waals surface area contributed by atoms with Gasteiger partial charge >= 0.3 is 0 Å². The fourth-order valence-corrected chi connectivity index (χ4v) is 4.05. The maximum absolute atomic E-state index is 5.78. The van der Waals surface area contributed by atoms with Crippen LogP contribution in [0.5, 0.6) is 0 Å². The fraction of sp³-hybridized carbons (Fsp3) is 0.846. The first-order chi connectivity index (χ1) is 9.05. The van der Waals surface area contributed by atoms with Crippen molar-refractivity contribution in [3.05, 3.63) is 12.2 Å². The number of nitrogens with two attached hydrogens (primary N) is 1. The van der Waals surface area contributed by atoms with Gasteiger partial charge in [-0.2, -0.15) is 16.9 Å². The van der Waals surface area contributed by atoms with E-state index >= 15 is 0 Å². The number of hydrogen-bond donors (Lipinski definition) is 2. The first-order valence-corrected chi connectivity index (χ1v) is 8.00. The third-order valence-electron chi connectivity index (χ3n) is 3.81. The molecule has 6 heteroatoms. The summed E-state index contributed by atoms with van der Waals surface area (Å²) in [5.74, 6) is 8.62. The second-order valence-electron chi connectivity index (χ2n) is 5.94. The standard InChI is InChI=1S/C13H25N5S/c1-10(2)8-18-12(15-9-16-18)7-11(17-14)13(3)5-4-6-19-13/h9-11,17H,4-8,14H2,1-3H3. The Kier molecular flexibility index (Phi) is 4.86. The fourth-order valence-electron chi connectivity index (χ4n) is 2.65. The van der Waals surface area contributed by atoms with Crippen molar-refractivity contribution < 1.29 is 0 Å². The van der Waals surface area contributed by atoms with Crippen molar-refractivity contribution in [2.45, 2.75) is 57.4 Å². The number of aromatic nitrogens is 3. The summed E-state index contributed by atoms with van der Waals surface area (Å²) in [5, 5.41) is 4.32. The molecule has 0 aliphatic carbocycles. The minimum Gasteiger partial charge on any atom is -0.271 e. The van der Waals surface area contributed by atoms with Crippen LogP contribution in [0.3, 0.4) is 0 Å². The van der Waals surface area contributed by atoms with Gasteiger partial charge in [-0.15, -0.1) is 0 Å². The van der Waals surface area contributed by atoms with Crippen molar-refractivity contribution in [3.63, 3.8) is 0 Å². The van der Waals surface area contributed by atoms with Crippen LogP contribution in [0.2, 0.25) is 0 Å². The highest BCUT2D eigenvalue weighted by Crippen LogP contribution is 2.41. The maximum atomic E-state index is 5.78. The number of hydrogen-bond acceptors (Lipinski definition) is 5. The Morgan fingerprint density at radius 3 is 2.95 bits per heavy atom. The van der Waals surface area contributed by atoms with Gasteiger partial charge in [-0.3, -0.25) is 11.3 Å². The summed E-state index contributed by atoms with van der Waals surface area (Å²) in [5.41, 5.74) is 3.00. The Labute approximate surface area is 119 Å². The van der Waals surface area contributed by atoms with Crippen LogP contribution in [0.25, 0.3) is 0 Å². The Morgan fingerprint density at radius 2 is 2.37 bits per heavy atom. The van der Waals surface area contributed by atoms with Gasteiger partial charge in [0.05, 0.1) is 0 Å². The summed E-state index contributed by atoms with van der Waals surface area (Å²) in [6.07, 6.45) is 4.98. The Morgan fingerprint density at radius 1 is 1.58 bits per heavy atom.